The summed E-state index contributed by atoms with van der Waals surface area (Å²) in [5.74, 6) is 0. The van der Waals surface area contributed by atoms with E-state index in [2.05, 4.69) is 33.8 Å². The first-order chi connectivity index (χ1) is 18.3. The van der Waals surface area contributed by atoms with Crippen LogP contribution in [0.5, 0.6) is 0 Å². The second-order valence-electron chi connectivity index (χ2n) is 8.14. The number of rotatable bonds is 2. The van der Waals surface area contributed by atoms with Crippen molar-refractivity contribution in [2.75, 3.05) is 0 Å². The van der Waals surface area contributed by atoms with Gasteiger partial charge in [-0.15, -0.1) is 0 Å². The van der Waals surface area contributed by atoms with E-state index in [9.17, 15) is 26.3 Å². The standard InChI is InChI=1S/C17H7N7.C12H12N2.Na/c1-9-13(5-20)23-8-11(3-18)16(9)17-10(2)14(6-21)24-15(7-22)12(17)4-19;1-9-7-13-5-3-11(9)12-4-6-14-8-10(12)2;/h8H,1-2H3;3-8H,1-2H3;. The van der Waals surface area contributed by atoms with Gasteiger partial charge in [-0.1, -0.05) is 0 Å². The normalized spacial score (nSPS) is 9.21. The maximum Gasteiger partial charge on any atom is 0.160 e. The van der Waals surface area contributed by atoms with E-state index in [0.29, 0.717) is 16.7 Å². The second-order valence-corrected chi connectivity index (χ2v) is 8.14. The molecule has 0 aliphatic rings. The molecule has 9 nitrogen and oxygen atoms in total. The molecular formula is C29H19N9Na. The molecule has 0 N–H and O–H groups in total. The minimum atomic E-state index is -0.201. The largest absolute Gasteiger partial charge is 0.264 e. The van der Waals surface area contributed by atoms with Crippen molar-refractivity contribution in [3.05, 3.63) is 93.6 Å². The number of aromatic nitrogens is 4. The number of nitriles is 5. The molecule has 10 heteroatoms. The Labute approximate surface area is 248 Å². The van der Waals surface area contributed by atoms with Gasteiger partial charge >= 0.3 is 0 Å². The van der Waals surface area contributed by atoms with Gasteiger partial charge < -0.3 is 0 Å². The monoisotopic (exact) mass is 516 g/mol. The van der Waals surface area contributed by atoms with Crippen LogP contribution in [0.1, 0.15) is 50.5 Å². The average Bonchev–Trinajstić information content (AvgIpc) is 2.94. The third-order valence-corrected chi connectivity index (χ3v) is 5.89. The SMILES string of the molecule is Cc1c(C#N)ncc(C#N)c1-c1c(C)c(C#N)nc(C#N)c1C#N.Cc1cnccc1-c1ccncc1C.[Na]. The maximum atomic E-state index is 9.47. The third kappa shape index (κ3) is 6.14. The fourth-order valence-corrected chi connectivity index (χ4v) is 3.97. The Bertz CT molecular complexity index is 1730. The Morgan fingerprint density at radius 2 is 1.10 bits per heavy atom. The van der Waals surface area contributed by atoms with Gasteiger partial charge in [0.15, 0.2) is 5.69 Å². The van der Waals surface area contributed by atoms with E-state index < -0.39 is 0 Å². The van der Waals surface area contributed by atoms with Crippen LogP contribution in [-0.4, -0.2) is 49.5 Å². The molecule has 0 saturated carbocycles. The zero-order valence-electron chi connectivity index (χ0n) is 22.1. The van der Waals surface area contributed by atoms with Crippen molar-refractivity contribution in [3.63, 3.8) is 0 Å². The molecule has 0 aromatic carbocycles. The number of pyridine rings is 4. The van der Waals surface area contributed by atoms with Crippen molar-refractivity contribution < 1.29 is 0 Å². The number of aryl methyl sites for hydroxylation is 2. The molecule has 0 saturated heterocycles. The van der Waals surface area contributed by atoms with Gasteiger partial charge in [-0.2, -0.15) is 26.3 Å². The molecule has 39 heavy (non-hydrogen) atoms. The molecule has 4 aromatic heterocycles. The fourth-order valence-electron chi connectivity index (χ4n) is 3.97. The summed E-state index contributed by atoms with van der Waals surface area (Å²) in [7, 11) is 0. The van der Waals surface area contributed by atoms with Crippen LogP contribution in [0.4, 0.5) is 0 Å². The molecular weight excluding hydrogens is 497 g/mol. The van der Waals surface area contributed by atoms with Crippen LogP contribution in [0, 0.1) is 84.4 Å². The van der Waals surface area contributed by atoms with Crippen LogP contribution in [0.3, 0.4) is 0 Å². The average molecular weight is 517 g/mol. The first kappa shape index (κ1) is 30.3. The third-order valence-electron chi connectivity index (χ3n) is 5.89. The van der Waals surface area contributed by atoms with E-state index in [4.69, 9.17) is 0 Å². The summed E-state index contributed by atoms with van der Waals surface area (Å²) < 4.78 is 0. The van der Waals surface area contributed by atoms with Crippen molar-refractivity contribution in [1.82, 2.24) is 19.9 Å². The molecule has 0 atom stereocenters. The van der Waals surface area contributed by atoms with Crippen LogP contribution in [0.15, 0.2) is 43.1 Å². The van der Waals surface area contributed by atoms with Crippen molar-refractivity contribution in [1.29, 1.82) is 26.3 Å². The maximum absolute atomic E-state index is 9.47. The number of nitrogens with zero attached hydrogens (tertiary/aromatic N) is 9. The topological polar surface area (TPSA) is 171 Å². The number of hydrogen-bond acceptors (Lipinski definition) is 9. The first-order valence-corrected chi connectivity index (χ1v) is 11.2. The number of hydrogen-bond donors (Lipinski definition) is 0. The first-order valence-electron chi connectivity index (χ1n) is 11.2. The molecule has 0 fully saturated rings. The van der Waals surface area contributed by atoms with E-state index in [1.54, 1.807) is 19.9 Å². The summed E-state index contributed by atoms with van der Waals surface area (Å²) >= 11 is 0. The summed E-state index contributed by atoms with van der Waals surface area (Å²) in [5, 5.41) is 46.5. The predicted octanol–water partition coefficient (Wildman–Crippen LogP) is 4.50. The van der Waals surface area contributed by atoms with Gasteiger partial charge in [-0.25, -0.2) is 9.97 Å². The zero-order valence-corrected chi connectivity index (χ0v) is 24.1. The molecule has 0 aliphatic carbocycles. The smallest absolute Gasteiger partial charge is 0.160 e. The van der Waals surface area contributed by atoms with Gasteiger partial charge in [-0.05, 0) is 73.2 Å². The summed E-state index contributed by atoms with van der Waals surface area (Å²) in [6, 6.07) is 13.6. The molecule has 0 bridgehead atoms. The van der Waals surface area contributed by atoms with Crippen LogP contribution in [0.25, 0.3) is 22.3 Å². The molecule has 0 unspecified atom stereocenters. The summed E-state index contributed by atoms with van der Waals surface area (Å²) in [4.78, 5) is 16.0. The van der Waals surface area contributed by atoms with Crippen molar-refractivity contribution in [2.45, 2.75) is 27.7 Å². The molecule has 1 radical (unpaired) electrons. The minimum Gasteiger partial charge on any atom is -0.264 e. The Hall–Kier alpha value is -4.95. The van der Waals surface area contributed by atoms with Gasteiger partial charge in [0, 0.05) is 71.7 Å². The van der Waals surface area contributed by atoms with Gasteiger partial charge in [0.1, 0.15) is 41.7 Å². The predicted molar refractivity (Wildman–Crippen MR) is 143 cm³/mol. The van der Waals surface area contributed by atoms with E-state index in [1.807, 2.05) is 61.2 Å². The summed E-state index contributed by atoms with van der Waals surface area (Å²) in [5.41, 5.74) is 6.19. The molecule has 4 aromatic rings. The molecule has 181 valence electrons. The van der Waals surface area contributed by atoms with Crippen LogP contribution in [-0.2, 0) is 0 Å². The van der Waals surface area contributed by atoms with Gasteiger partial charge in [-0.3, -0.25) is 9.97 Å². The summed E-state index contributed by atoms with van der Waals surface area (Å²) in [6.45, 7) is 7.32. The van der Waals surface area contributed by atoms with Crippen molar-refractivity contribution in [3.8, 4) is 52.6 Å². The Balaban J connectivity index is 0.000000302. The fraction of sp³-hybridized carbons (Fsp3) is 0.138. The quantitative estimate of drug-likeness (QED) is 0.348. The molecule has 0 aliphatic heterocycles. The van der Waals surface area contributed by atoms with Gasteiger partial charge in [0.2, 0.25) is 0 Å². The van der Waals surface area contributed by atoms with E-state index >= 15 is 0 Å². The van der Waals surface area contributed by atoms with Crippen LogP contribution < -0.4 is 0 Å². The van der Waals surface area contributed by atoms with E-state index in [-0.39, 0.29) is 63.3 Å². The van der Waals surface area contributed by atoms with Crippen LogP contribution >= 0.6 is 0 Å². The Morgan fingerprint density at radius 3 is 1.54 bits per heavy atom. The molecule has 4 rings (SSSR count). The molecule has 0 amide bonds. The Morgan fingerprint density at radius 1 is 0.590 bits per heavy atom. The van der Waals surface area contributed by atoms with Gasteiger partial charge in [0.05, 0.1) is 11.1 Å². The van der Waals surface area contributed by atoms with Crippen molar-refractivity contribution in [2.24, 2.45) is 0 Å². The minimum absolute atomic E-state index is 0. The zero-order chi connectivity index (χ0) is 27.8. The second kappa shape index (κ2) is 13.6. The Kier molecular flexibility index (Phi) is 10.5. The van der Waals surface area contributed by atoms with Crippen LogP contribution in [0.2, 0.25) is 0 Å². The molecule has 4 heterocycles. The van der Waals surface area contributed by atoms with Crippen molar-refractivity contribution >= 4 is 29.6 Å². The molecule has 0 spiro atoms. The van der Waals surface area contributed by atoms with E-state index in [0.717, 1.165) is 0 Å². The van der Waals surface area contributed by atoms with Gasteiger partial charge in [0.25, 0.3) is 0 Å². The summed E-state index contributed by atoms with van der Waals surface area (Å²) in [6.07, 6.45) is 8.65. The van der Waals surface area contributed by atoms with E-state index in [1.165, 1.54) is 28.5 Å².